The Hall–Kier alpha value is -1.10. The molecule has 1 atom stereocenters. The molecule has 1 rings (SSSR count). The molecule has 17 heavy (non-hydrogen) atoms. The first-order valence-corrected chi connectivity index (χ1v) is 5.79. The average molecular weight is 257 g/mol. The maximum Gasteiger partial charge on any atom is 0.263 e. The zero-order valence-electron chi connectivity index (χ0n) is 9.94. The fourth-order valence-corrected chi connectivity index (χ4v) is 1.68. The van der Waals surface area contributed by atoms with Crippen LogP contribution in [0.15, 0.2) is 24.3 Å². The first-order valence-electron chi connectivity index (χ1n) is 5.41. The van der Waals surface area contributed by atoms with Gasteiger partial charge in [0.25, 0.3) is 5.91 Å². The van der Waals surface area contributed by atoms with Gasteiger partial charge >= 0.3 is 0 Å². The van der Waals surface area contributed by atoms with Gasteiger partial charge in [-0.15, -0.1) is 0 Å². The summed E-state index contributed by atoms with van der Waals surface area (Å²) in [6.45, 7) is 4.13. The van der Waals surface area contributed by atoms with Crippen molar-refractivity contribution < 1.29 is 9.53 Å². The Labute approximate surface area is 106 Å². The molecule has 0 aromatic heterocycles. The van der Waals surface area contributed by atoms with Crippen LogP contribution in [-0.4, -0.2) is 12.0 Å². The second-order valence-electron chi connectivity index (χ2n) is 4.11. The second-order valence-corrected chi connectivity index (χ2v) is 4.55. The summed E-state index contributed by atoms with van der Waals surface area (Å²) in [7, 11) is 0. The van der Waals surface area contributed by atoms with E-state index in [9.17, 15) is 4.79 Å². The molecule has 0 aliphatic carbocycles. The molecule has 1 aromatic rings. The van der Waals surface area contributed by atoms with Gasteiger partial charge < -0.3 is 4.74 Å². The summed E-state index contributed by atoms with van der Waals surface area (Å²) >= 11 is 5.86. The predicted octanol–water partition coefficient (Wildman–Crippen LogP) is 1.87. The molecule has 1 unspecified atom stereocenters. The molecule has 0 bridgehead atoms. The first kappa shape index (κ1) is 14.0. The lowest BCUT2D eigenvalue weighted by molar-refractivity contribution is -0.136. The topological polar surface area (TPSA) is 64.3 Å². The Morgan fingerprint density at radius 2 is 2.24 bits per heavy atom. The lowest BCUT2D eigenvalue weighted by Gasteiger charge is -2.19. The number of halogens is 1. The maximum atomic E-state index is 11.5. The molecule has 94 valence electrons. The number of benzene rings is 1. The van der Waals surface area contributed by atoms with Gasteiger partial charge in [0, 0.05) is 5.02 Å². The first-order chi connectivity index (χ1) is 8.04. The minimum atomic E-state index is -0.556. The van der Waals surface area contributed by atoms with Crippen molar-refractivity contribution in [2.45, 2.75) is 26.6 Å². The number of hydrogen-bond donors (Lipinski definition) is 2. The van der Waals surface area contributed by atoms with Crippen LogP contribution in [0.5, 0.6) is 0 Å². The van der Waals surface area contributed by atoms with Crippen molar-refractivity contribution in [3.63, 3.8) is 0 Å². The van der Waals surface area contributed by atoms with E-state index in [0.29, 0.717) is 11.6 Å². The van der Waals surface area contributed by atoms with Gasteiger partial charge in [0.1, 0.15) is 6.10 Å². The highest BCUT2D eigenvalue weighted by molar-refractivity contribution is 6.30. The molecule has 0 heterocycles. The molecule has 0 spiro atoms. The Morgan fingerprint density at radius 1 is 1.53 bits per heavy atom. The van der Waals surface area contributed by atoms with Crippen molar-refractivity contribution in [2.24, 2.45) is 11.8 Å². The van der Waals surface area contributed by atoms with Crippen LogP contribution in [0.2, 0.25) is 5.02 Å². The van der Waals surface area contributed by atoms with E-state index in [1.54, 1.807) is 12.1 Å². The van der Waals surface area contributed by atoms with Gasteiger partial charge in [0.2, 0.25) is 0 Å². The minimum Gasteiger partial charge on any atom is -0.363 e. The van der Waals surface area contributed by atoms with E-state index >= 15 is 0 Å². The number of rotatable bonds is 5. The molecule has 0 aliphatic rings. The number of carbonyl (C=O) groups is 1. The minimum absolute atomic E-state index is 0.0535. The van der Waals surface area contributed by atoms with Gasteiger partial charge in [0.15, 0.2) is 0 Å². The number of hydrazine groups is 1. The largest absolute Gasteiger partial charge is 0.363 e. The molecule has 0 fully saturated rings. The van der Waals surface area contributed by atoms with Gasteiger partial charge in [0.05, 0.1) is 6.61 Å². The average Bonchev–Trinajstić information content (AvgIpc) is 2.28. The van der Waals surface area contributed by atoms with Crippen LogP contribution in [0.1, 0.15) is 19.4 Å². The molecule has 4 nitrogen and oxygen atoms in total. The normalized spacial score (nSPS) is 12.5. The zero-order valence-corrected chi connectivity index (χ0v) is 10.7. The van der Waals surface area contributed by atoms with Gasteiger partial charge in [-0.3, -0.25) is 10.2 Å². The predicted molar refractivity (Wildman–Crippen MR) is 67.2 cm³/mol. The van der Waals surface area contributed by atoms with Crippen LogP contribution in [0.4, 0.5) is 0 Å². The molecule has 0 radical (unpaired) electrons. The van der Waals surface area contributed by atoms with E-state index in [1.807, 2.05) is 26.0 Å². The summed E-state index contributed by atoms with van der Waals surface area (Å²) in [5, 5.41) is 0.649. The summed E-state index contributed by atoms with van der Waals surface area (Å²) in [6, 6.07) is 7.33. The highest BCUT2D eigenvalue weighted by Gasteiger charge is 2.21. The van der Waals surface area contributed by atoms with Crippen molar-refractivity contribution in [2.75, 3.05) is 0 Å². The fourth-order valence-electron chi connectivity index (χ4n) is 1.47. The summed E-state index contributed by atoms with van der Waals surface area (Å²) in [4.78, 5) is 11.5. The Balaban J connectivity index is 2.61. The van der Waals surface area contributed by atoms with Crippen LogP contribution in [0.25, 0.3) is 0 Å². The summed E-state index contributed by atoms with van der Waals surface area (Å²) < 4.78 is 5.55. The van der Waals surface area contributed by atoms with Crippen molar-refractivity contribution in [1.82, 2.24) is 5.43 Å². The molecular formula is C12H17ClN2O2. The van der Waals surface area contributed by atoms with E-state index in [2.05, 4.69) is 5.43 Å². The molecule has 5 heteroatoms. The van der Waals surface area contributed by atoms with Crippen LogP contribution in [-0.2, 0) is 16.1 Å². The Kier molecular flexibility index (Phi) is 5.41. The molecule has 3 N–H and O–H groups in total. The van der Waals surface area contributed by atoms with E-state index in [1.165, 1.54) is 0 Å². The standard InChI is InChI=1S/C12H17ClN2O2/c1-8(2)11(12(16)15-14)17-7-9-4-3-5-10(13)6-9/h3-6,8,11H,7,14H2,1-2H3,(H,15,16). The van der Waals surface area contributed by atoms with Crippen LogP contribution < -0.4 is 11.3 Å². The monoisotopic (exact) mass is 256 g/mol. The molecule has 0 aliphatic heterocycles. The Morgan fingerprint density at radius 3 is 2.76 bits per heavy atom. The van der Waals surface area contributed by atoms with Crippen molar-refractivity contribution in [1.29, 1.82) is 0 Å². The van der Waals surface area contributed by atoms with E-state index < -0.39 is 6.10 Å². The molecule has 1 aromatic carbocycles. The summed E-state index contributed by atoms with van der Waals surface area (Å²) in [5.41, 5.74) is 3.03. The molecule has 0 saturated carbocycles. The van der Waals surface area contributed by atoms with Gasteiger partial charge in [-0.25, -0.2) is 5.84 Å². The fraction of sp³-hybridized carbons (Fsp3) is 0.417. The van der Waals surface area contributed by atoms with Gasteiger partial charge in [-0.05, 0) is 23.6 Å². The smallest absolute Gasteiger partial charge is 0.263 e. The van der Waals surface area contributed by atoms with Crippen molar-refractivity contribution in [3.05, 3.63) is 34.9 Å². The van der Waals surface area contributed by atoms with Crippen molar-refractivity contribution >= 4 is 17.5 Å². The number of nitrogens with two attached hydrogens (primary N) is 1. The number of nitrogens with one attached hydrogen (secondary N) is 1. The van der Waals surface area contributed by atoms with E-state index in [0.717, 1.165) is 5.56 Å². The molecule has 0 saturated heterocycles. The number of hydrogen-bond acceptors (Lipinski definition) is 3. The summed E-state index contributed by atoms with van der Waals surface area (Å²) in [6.07, 6.45) is -0.556. The van der Waals surface area contributed by atoms with Crippen molar-refractivity contribution in [3.8, 4) is 0 Å². The number of amides is 1. The third kappa shape index (κ3) is 4.34. The van der Waals surface area contributed by atoms with Crippen LogP contribution in [0, 0.1) is 5.92 Å². The van der Waals surface area contributed by atoms with E-state index in [4.69, 9.17) is 22.2 Å². The second kappa shape index (κ2) is 6.59. The number of ether oxygens (including phenoxy) is 1. The maximum absolute atomic E-state index is 11.5. The SMILES string of the molecule is CC(C)C(OCc1cccc(Cl)c1)C(=O)NN. The van der Waals surface area contributed by atoms with E-state index in [-0.39, 0.29) is 11.8 Å². The quantitative estimate of drug-likeness (QED) is 0.480. The highest BCUT2D eigenvalue weighted by atomic mass is 35.5. The molecular weight excluding hydrogens is 240 g/mol. The third-order valence-electron chi connectivity index (χ3n) is 2.32. The van der Waals surface area contributed by atoms with Crippen LogP contribution >= 0.6 is 11.6 Å². The summed E-state index contributed by atoms with van der Waals surface area (Å²) in [5.74, 6) is 4.84. The lowest BCUT2D eigenvalue weighted by atomic mass is 10.1. The highest BCUT2D eigenvalue weighted by Crippen LogP contribution is 2.14. The molecule has 1 amide bonds. The number of carbonyl (C=O) groups excluding carboxylic acids is 1. The lowest BCUT2D eigenvalue weighted by Crippen LogP contribution is -2.43. The zero-order chi connectivity index (χ0) is 12.8. The van der Waals surface area contributed by atoms with Crippen LogP contribution in [0.3, 0.4) is 0 Å². The Bertz CT molecular complexity index is 383. The van der Waals surface area contributed by atoms with Gasteiger partial charge in [-0.2, -0.15) is 0 Å². The third-order valence-corrected chi connectivity index (χ3v) is 2.56. The van der Waals surface area contributed by atoms with Gasteiger partial charge in [-0.1, -0.05) is 37.6 Å².